The van der Waals surface area contributed by atoms with E-state index in [4.69, 9.17) is 9.26 Å². The third-order valence-corrected chi connectivity index (χ3v) is 2.28. The third-order valence-electron chi connectivity index (χ3n) is 2.28. The van der Waals surface area contributed by atoms with E-state index in [1.807, 2.05) is 18.2 Å². The number of nitrogens with zero attached hydrogens (tertiary/aromatic N) is 2. The van der Waals surface area contributed by atoms with Gasteiger partial charge in [-0.15, -0.1) is 0 Å². The molecular formula is C12H14N2O3. The number of rotatable bonds is 4. The molecule has 0 bridgehead atoms. The van der Waals surface area contributed by atoms with Crippen LogP contribution < -0.4 is 4.74 Å². The summed E-state index contributed by atoms with van der Waals surface area (Å²) in [6.45, 7) is 3.69. The van der Waals surface area contributed by atoms with Crippen molar-refractivity contribution < 1.29 is 14.4 Å². The van der Waals surface area contributed by atoms with Crippen LogP contribution in [0.15, 0.2) is 28.8 Å². The van der Waals surface area contributed by atoms with Crippen molar-refractivity contribution in [3.05, 3.63) is 41.5 Å². The summed E-state index contributed by atoms with van der Waals surface area (Å²) in [4.78, 5) is 4.03. The Morgan fingerprint density at radius 1 is 1.47 bits per heavy atom. The molecule has 5 heteroatoms. The minimum Gasteiger partial charge on any atom is -0.485 e. The highest BCUT2D eigenvalue weighted by atomic mass is 16.5. The van der Waals surface area contributed by atoms with Gasteiger partial charge in [-0.3, -0.25) is 0 Å². The lowest BCUT2D eigenvalue weighted by molar-refractivity contribution is 0.198. The average molecular weight is 234 g/mol. The second kappa shape index (κ2) is 4.97. The van der Waals surface area contributed by atoms with Gasteiger partial charge in [0.25, 0.3) is 0 Å². The lowest BCUT2D eigenvalue weighted by Crippen LogP contribution is -1.99. The largest absolute Gasteiger partial charge is 0.485 e. The van der Waals surface area contributed by atoms with Crippen LogP contribution >= 0.6 is 0 Å². The summed E-state index contributed by atoms with van der Waals surface area (Å²) >= 11 is 0. The van der Waals surface area contributed by atoms with E-state index >= 15 is 0 Å². The molecule has 5 nitrogen and oxygen atoms in total. The highest BCUT2D eigenvalue weighted by Gasteiger charge is 2.05. The summed E-state index contributed by atoms with van der Waals surface area (Å²) in [5.74, 6) is 1.69. The van der Waals surface area contributed by atoms with Crippen LogP contribution in [-0.2, 0) is 6.61 Å². The third kappa shape index (κ3) is 3.04. The van der Waals surface area contributed by atoms with Gasteiger partial charge in [0.1, 0.15) is 5.75 Å². The van der Waals surface area contributed by atoms with Crippen molar-refractivity contribution in [2.24, 2.45) is 0 Å². The minimum atomic E-state index is -0.508. The maximum Gasteiger partial charge on any atom is 0.223 e. The molecule has 2 aromatic rings. The quantitative estimate of drug-likeness (QED) is 0.876. The Hall–Kier alpha value is -1.88. The van der Waals surface area contributed by atoms with E-state index < -0.39 is 6.10 Å². The van der Waals surface area contributed by atoms with Crippen LogP contribution in [-0.4, -0.2) is 15.2 Å². The number of aryl methyl sites for hydroxylation is 1. The molecule has 0 amide bonds. The number of aliphatic hydroxyl groups is 1. The lowest BCUT2D eigenvalue weighted by atomic mass is 10.1. The molecular weight excluding hydrogens is 220 g/mol. The molecule has 90 valence electrons. The van der Waals surface area contributed by atoms with Crippen molar-refractivity contribution in [1.82, 2.24) is 10.1 Å². The fourth-order valence-electron chi connectivity index (χ4n) is 1.41. The zero-order chi connectivity index (χ0) is 12.3. The monoisotopic (exact) mass is 234 g/mol. The molecule has 0 aliphatic heterocycles. The maximum absolute atomic E-state index is 9.44. The van der Waals surface area contributed by atoms with E-state index in [1.54, 1.807) is 19.9 Å². The number of aromatic nitrogens is 2. The molecule has 0 aliphatic carbocycles. The second-order valence-electron chi connectivity index (χ2n) is 3.77. The first-order chi connectivity index (χ1) is 8.15. The van der Waals surface area contributed by atoms with Crippen LogP contribution in [0.4, 0.5) is 0 Å². The number of hydrogen-bond acceptors (Lipinski definition) is 5. The molecule has 0 saturated heterocycles. The normalized spacial score (nSPS) is 12.4. The number of benzene rings is 1. The van der Waals surface area contributed by atoms with Crippen LogP contribution in [0, 0.1) is 6.92 Å². The van der Waals surface area contributed by atoms with Gasteiger partial charge in [0, 0.05) is 6.92 Å². The molecule has 2 rings (SSSR count). The topological polar surface area (TPSA) is 68.4 Å². The molecule has 0 spiro atoms. The number of ether oxygens (including phenoxy) is 1. The predicted octanol–water partition coefficient (Wildman–Crippen LogP) is 2.01. The van der Waals surface area contributed by atoms with Gasteiger partial charge in [-0.2, -0.15) is 4.98 Å². The van der Waals surface area contributed by atoms with Gasteiger partial charge in [0.05, 0.1) is 6.10 Å². The van der Waals surface area contributed by atoms with Gasteiger partial charge in [-0.05, 0) is 24.6 Å². The Morgan fingerprint density at radius 3 is 2.94 bits per heavy atom. The summed E-state index contributed by atoms with van der Waals surface area (Å²) in [7, 11) is 0. The van der Waals surface area contributed by atoms with E-state index in [0.717, 1.165) is 5.56 Å². The Kier molecular flexibility index (Phi) is 3.39. The summed E-state index contributed by atoms with van der Waals surface area (Å²) in [5, 5.41) is 13.2. The Labute approximate surface area is 99.0 Å². The molecule has 0 fully saturated rings. The zero-order valence-electron chi connectivity index (χ0n) is 9.75. The molecule has 1 N–H and O–H groups in total. The number of aliphatic hydroxyl groups excluding tert-OH is 1. The van der Waals surface area contributed by atoms with Crippen LogP contribution in [0.5, 0.6) is 5.75 Å². The highest BCUT2D eigenvalue weighted by Crippen LogP contribution is 2.19. The van der Waals surface area contributed by atoms with Crippen molar-refractivity contribution in [3.8, 4) is 5.75 Å². The van der Waals surface area contributed by atoms with E-state index in [-0.39, 0.29) is 6.61 Å². The van der Waals surface area contributed by atoms with Gasteiger partial charge in [-0.1, -0.05) is 17.3 Å². The first kappa shape index (κ1) is 11.6. The standard InChI is InChI=1S/C12H14N2O3/c1-8(15)10-4-3-5-11(6-10)16-7-12-13-9(2)17-14-12/h3-6,8,15H,7H2,1-2H3. The summed E-state index contributed by atoms with van der Waals surface area (Å²) in [6, 6.07) is 7.28. The van der Waals surface area contributed by atoms with Gasteiger partial charge in [-0.25, -0.2) is 0 Å². The van der Waals surface area contributed by atoms with Crippen molar-refractivity contribution in [1.29, 1.82) is 0 Å². The summed E-state index contributed by atoms with van der Waals surface area (Å²) in [6.07, 6.45) is -0.508. The molecule has 1 aromatic heterocycles. The van der Waals surface area contributed by atoms with Crippen molar-refractivity contribution in [2.45, 2.75) is 26.6 Å². The van der Waals surface area contributed by atoms with E-state index in [9.17, 15) is 5.11 Å². The van der Waals surface area contributed by atoms with E-state index in [1.165, 1.54) is 0 Å². The molecule has 0 aliphatic rings. The van der Waals surface area contributed by atoms with Crippen molar-refractivity contribution in [2.75, 3.05) is 0 Å². The highest BCUT2D eigenvalue weighted by molar-refractivity contribution is 5.29. The number of hydrogen-bond donors (Lipinski definition) is 1. The van der Waals surface area contributed by atoms with Crippen LogP contribution in [0.25, 0.3) is 0 Å². The van der Waals surface area contributed by atoms with E-state index in [0.29, 0.717) is 17.5 Å². The molecule has 1 aromatic carbocycles. The Morgan fingerprint density at radius 2 is 2.29 bits per heavy atom. The van der Waals surface area contributed by atoms with Crippen LogP contribution in [0.2, 0.25) is 0 Å². The average Bonchev–Trinajstić information content (AvgIpc) is 2.73. The fraction of sp³-hybridized carbons (Fsp3) is 0.333. The Bertz CT molecular complexity index is 494. The van der Waals surface area contributed by atoms with E-state index in [2.05, 4.69) is 10.1 Å². The zero-order valence-corrected chi connectivity index (χ0v) is 9.75. The lowest BCUT2D eigenvalue weighted by Gasteiger charge is -2.07. The predicted molar refractivity (Wildman–Crippen MR) is 60.4 cm³/mol. The SMILES string of the molecule is Cc1nc(COc2cccc(C(C)O)c2)no1. The van der Waals surface area contributed by atoms with Crippen LogP contribution in [0.1, 0.15) is 30.3 Å². The second-order valence-corrected chi connectivity index (χ2v) is 3.77. The molecule has 0 saturated carbocycles. The summed E-state index contributed by atoms with van der Waals surface area (Å²) in [5.41, 5.74) is 0.812. The van der Waals surface area contributed by atoms with Gasteiger partial charge in [0.2, 0.25) is 11.7 Å². The van der Waals surface area contributed by atoms with Gasteiger partial charge < -0.3 is 14.4 Å². The van der Waals surface area contributed by atoms with Gasteiger partial charge in [0.15, 0.2) is 6.61 Å². The minimum absolute atomic E-state index is 0.251. The molecule has 1 atom stereocenters. The fourth-order valence-corrected chi connectivity index (χ4v) is 1.41. The van der Waals surface area contributed by atoms with Crippen molar-refractivity contribution in [3.63, 3.8) is 0 Å². The maximum atomic E-state index is 9.44. The first-order valence-electron chi connectivity index (χ1n) is 5.35. The Balaban J connectivity index is 2.01. The van der Waals surface area contributed by atoms with Gasteiger partial charge >= 0.3 is 0 Å². The molecule has 17 heavy (non-hydrogen) atoms. The molecule has 1 unspecified atom stereocenters. The molecule has 0 radical (unpaired) electrons. The van der Waals surface area contributed by atoms with Crippen LogP contribution in [0.3, 0.4) is 0 Å². The summed E-state index contributed by atoms with van der Waals surface area (Å²) < 4.78 is 10.3. The molecule has 1 heterocycles. The smallest absolute Gasteiger partial charge is 0.223 e. The first-order valence-corrected chi connectivity index (χ1v) is 5.35. The van der Waals surface area contributed by atoms with Crippen molar-refractivity contribution >= 4 is 0 Å².